The van der Waals surface area contributed by atoms with Crippen molar-refractivity contribution >= 4 is 44.4 Å². The molecule has 4 rings (SSSR count). The van der Waals surface area contributed by atoms with Gasteiger partial charge in [-0.25, -0.2) is 15.0 Å². The van der Waals surface area contributed by atoms with Gasteiger partial charge in [0.2, 0.25) is 0 Å². The Morgan fingerprint density at radius 3 is 2.70 bits per heavy atom. The quantitative estimate of drug-likeness (QED) is 0.198. The van der Waals surface area contributed by atoms with E-state index in [0.29, 0.717) is 40.5 Å². The van der Waals surface area contributed by atoms with Crippen molar-refractivity contribution in [3.63, 3.8) is 0 Å². The first-order chi connectivity index (χ1) is 14.7. The lowest BCUT2D eigenvalue weighted by molar-refractivity contribution is 0.292. The summed E-state index contributed by atoms with van der Waals surface area (Å²) in [6.45, 7) is 0.735. The number of rotatable bonds is 9. The van der Waals surface area contributed by atoms with E-state index in [1.807, 2.05) is 54.6 Å². The number of aliphatic hydroxyl groups excluding tert-OH is 1. The first-order valence-electron chi connectivity index (χ1n) is 9.44. The maximum Gasteiger partial charge on any atom is 0.191 e. The molecule has 0 saturated heterocycles. The predicted molar refractivity (Wildman–Crippen MR) is 122 cm³/mol. The molecular weight excluding hydrogens is 418 g/mol. The molecule has 0 unspecified atom stereocenters. The van der Waals surface area contributed by atoms with Gasteiger partial charge in [-0.05, 0) is 36.2 Å². The van der Waals surface area contributed by atoms with Crippen LogP contribution < -0.4 is 15.8 Å². The van der Waals surface area contributed by atoms with E-state index in [0.717, 1.165) is 21.8 Å². The van der Waals surface area contributed by atoms with Gasteiger partial charge in [0.15, 0.2) is 21.8 Å². The molecule has 0 radical (unpaired) electrons. The molecule has 0 amide bonds. The molecule has 2 heterocycles. The number of para-hydroxylation sites is 1. The molecule has 2 aromatic carbocycles. The topological polar surface area (TPSA) is 106 Å². The summed E-state index contributed by atoms with van der Waals surface area (Å²) < 4.78 is 6.74. The molecule has 0 aliphatic heterocycles. The zero-order chi connectivity index (χ0) is 20.8. The Morgan fingerprint density at radius 1 is 1.03 bits per heavy atom. The Balaban J connectivity index is 1.48. The number of thiazole rings is 1. The number of aliphatic hydroxyl groups is 1. The van der Waals surface area contributed by atoms with Gasteiger partial charge in [0.1, 0.15) is 16.2 Å². The number of anilines is 2. The number of nitrogen functional groups attached to an aromatic ring is 1. The Morgan fingerprint density at radius 2 is 1.87 bits per heavy atom. The second-order valence-electron chi connectivity index (χ2n) is 6.41. The van der Waals surface area contributed by atoms with Gasteiger partial charge in [0.25, 0.3) is 0 Å². The molecule has 0 spiro atoms. The second-order valence-corrected chi connectivity index (χ2v) is 8.39. The third kappa shape index (κ3) is 5.18. The van der Waals surface area contributed by atoms with Crippen molar-refractivity contribution in [3.05, 3.63) is 60.2 Å². The number of fused-ring (bicyclic) bond motifs is 1. The van der Waals surface area contributed by atoms with Crippen molar-refractivity contribution in [1.29, 1.82) is 0 Å². The molecule has 4 N–H and O–H groups in total. The summed E-state index contributed by atoms with van der Waals surface area (Å²) in [5, 5.41) is 13.3. The molecule has 0 bridgehead atoms. The van der Waals surface area contributed by atoms with E-state index in [-0.39, 0.29) is 6.61 Å². The third-order valence-electron chi connectivity index (χ3n) is 4.12. The fraction of sp³-hybridized carbons (Fsp3) is 0.190. The number of hydrogen-bond acceptors (Lipinski definition) is 9. The van der Waals surface area contributed by atoms with Crippen LogP contribution in [0.2, 0.25) is 0 Å². The van der Waals surface area contributed by atoms with Crippen LogP contribution in [-0.4, -0.2) is 33.2 Å². The predicted octanol–water partition coefficient (Wildman–Crippen LogP) is 4.55. The van der Waals surface area contributed by atoms with Crippen molar-refractivity contribution in [2.45, 2.75) is 17.3 Å². The van der Waals surface area contributed by atoms with Crippen LogP contribution in [0.25, 0.3) is 10.3 Å². The van der Waals surface area contributed by atoms with Gasteiger partial charge in [-0.15, -0.1) is 0 Å². The lowest BCUT2D eigenvalue weighted by atomic mass is 10.2. The summed E-state index contributed by atoms with van der Waals surface area (Å²) in [4.78, 5) is 13.5. The molecule has 4 aromatic rings. The number of aromatic nitrogens is 3. The Labute approximate surface area is 182 Å². The highest BCUT2D eigenvalue weighted by atomic mass is 32.2. The van der Waals surface area contributed by atoms with E-state index in [2.05, 4.69) is 20.3 Å². The smallest absolute Gasteiger partial charge is 0.191 e. The number of ether oxygens (including phenoxy) is 1. The normalized spacial score (nSPS) is 11.0. The lowest BCUT2D eigenvalue weighted by Gasteiger charge is -2.09. The molecule has 154 valence electrons. The largest absolute Gasteiger partial charge is 0.457 e. The van der Waals surface area contributed by atoms with Gasteiger partial charge in [-0.1, -0.05) is 53.4 Å². The van der Waals surface area contributed by atoms with Gasteiger partial charge >= 0.3 is 0 Å². The fourth-order valence-corrected chi connectivity index (χ4v) is 4.28. The number of nitrogens with zero attached hydrogens (tertiary/aromatic N) is 3. The Hall–Kier alpha value is -2.88. The number of hydrogen-bond donors (Lipinski definition) is 3. The first kappa shape index (κ1) is 20.4. The number of thioether (sulfide) groups is 1. The minimum atomic E-state index is 0.120. The van der Waals surface area contributed by atoms with Crippen LogP contribution >= 0.6 is 23.1 Å². The maximum atomic E-state index is 9.03. The lowest BCUT2D eigenvalue weighted by Crippen LogP contribution is -2.06. The standard InChI is InChI=1S/C21H21N5O2S2/c22-20-24-19-17(30-20)18(23-10-5-11-27)25-21(26-19)29-13-14-6-4-9-16(12-14)28-15-7-2-1-3-8-15/h1-4,6-9,12,27H,5,10-11,13H2,(H3,22,23,24,25,26). The summed E-state index contributed by atoms with van der Waals surface area (Å²) in [7, 11) is 0. The third-order valence-corrected chi connectivity index (χ3v) is 5.92. The van der Waals surface area contributed by atoms with Crippen LogP contribution in [-0.2, 0) is 5.75 Å². The first-order valence-corrected chi connectivity index (χ1v) is 11.2. The minimum absolute atomic E-state index is 0.120. The van der Waals surface area contributed by atoms with Crippen molar-refractivity contribution in [2.24, 2.45) is 0 Å². The summed E-state index contributed by atoms with van der Waals surface area (Å²) >= 11 is 2.88. The van der Waals surface area contributed by atoms with E-state index in [1.165, 1.54) is 23.1 Å². The summed E-state index contributed by atoms with van der Waals surface area (Å²) in [5.74, 6) is 2.98. The molecule has 30 heavy (non-hydrogen) atoms. The average Bonchev–Trinajstić information content (AvgIpc) is 3.14. The molecule has 0 saturated carbocycles. The van der Waals surface area contributed by atoms with Crippen molar-refractivity contribution in [1.82, 2.24) is 15.0 Å². The van der Waals surface area contributed by atoms with E-state index < -0.39 is 0 Å². The highest BCUT2D eigenvalue weighted by Crippen LogP contribution is 2.32. The van der Waals surface area contributed by atoms with E-state index in [4.69, 9.17) is 15.6 Å². The van der Waals surface area contributed by atoms with Crippen molar-refractivity contribution < 1.29 is 9.84 Å². The fourth-order valence-electron chi connectivity index (χ4n) is 2.76. The van der Waals surface area contributed by atoms with Crippen LogP contribution in [0.15, 0.2) is 59.8 Å². The van der Waals surface area contributed by atoms with E-state index >= 15 is 0 Å². The zero-order valence-electron chi connectivity index (χ0n) is 16.1. The van der Waals surface area contributed by atoms with E-state index in [9.17, 15) is 0 Å². The molecule has 7 nitrogen and oxygen atoms in total. The molecule has 9 heteroatoms. The molecule has 2 aromatic heterocycles. The van der Waals surface area contributed by atoms with Crippen LogP contribution in [0, 0.1) is 0 Å². The SMILES string of the molecule is Nc1nc2nc(SCc3cccc(Oc4ccccc4)c3)nc(NCCCO)c2s1. The van der Waals surface area contributed by atoms with Crippen LogP contribution in [0.4, 0.5) is 10.9 Å². The van der Waals surface area contributed by atoms with Gasteiger partial charge < -0.3 is 20.9 Å². The summed E-state index contributed by atoms with van der Waals surface area (Å²) in [6, 6.07) is 17.7. The molecule has 0 aliphatic rings. The second kappa shape index (κ2) is 9.75. The van der Waals surface area contributed by atoms with Gasteiger partial charge in [0.05, 0.1) is 0 Å². The van der Waals surface area contributed by atoms with Gasteiger partial charge in [0, 0.05) is 18.9 Å². The van der Waals surface area contributed by atoms with Crippen LogP contribution in [0.1, 0.15) is 12.0 Å². The van der Waals surface area contributed by atoms with Gasteiger partial charge in [-0.2, -0.15) is 0 Å². The average molecular weight is 440 g/mol. The summed E-state index contributed by atoms with van der Waals surface area (Å²) in [5.41, 5.74) is 7.55. The van der Waals surface area contributed by atoms with Gasteiger partial charge in [-0.3, -0.25) is 0 Å². The highest BCUT2D eigenvalue weighted by Gasteiger charge is 2.13. The monoisotopic (exact) mass is 439 g/mol. The minimum Gasteiger partial charge on any atom is -0.457 e. The Kier molecular flexibility index (Phi) is 6.63. The van der Waals surface area contributed by atoms with Crippen LogP contribution in [0.3, 0.4) is 0 Å². The highest BCUT2D eigenvalue weighted by molar-refractivity contribution is 7.98. The molecule has 0 fully saturated rings. The maximum absolute atomic E-state index is 9.03. The number of nitrogens with one attached hydrogen (secondary N) is 1. The van der Waals surface area contributed by atoms with E-state index in [1.54, 1.807) is 0 Å². The zero-order valence-corrected chi connectivity index (χ0v) is 17.7. The Bertz CT molecular complexity index is 1120. The number of benzene rings is 2. The summed E-state index contributed by atoms with van der Waals surface area (Å²) in [6.07, 6.45) is 0.635. The molecular formula is C21H21N5O2S2. The molecule has 0 aliphatic carbocycles. The van der Waals surface area contributed by atoms with Crippen LogP contribution in [0.5, 0.6) is 11.5 Å². The molecule has 0 atom stereocenters. The van der Waals surface area contributed by atoms with Crippen molar-refractivity contribution in [3.8, 4) is 11.5 Å². The van der Waals surface area contributed by atoms with Crippen molar-refractivity contribution in [2.75, 3.05) is 24.2 Å². The number of nitrogens with two attached hydrogens (primary N) is 1.